The summed E-state index contributed by atoms with van der Waals surface area (Å²) in [5.41, 5.74) is 0.882. The molecule has 1 fully saturated rings. The molecule has 0 heterocycles. The number of anilines is 1. The van der Waals surface area contributed by atoms with Crippen molar-refractivity contribution in [2.45, 2.75) is 32.6 Å². The summed E-state index contributed by atoms with van der Waals surface area (Å²) in [6.45, 7) is 2.22. The quantitative estimate of drug-likeness (QED) is 0.794. The molecule has 0 atom stereocenters. The van der Waals surface area contributed by atoms with Crippen LogP contribution in [0.3, 0.4) is 0 Å². The number of aliphatic hydroxyl groups is 1. The molecule has 0 bridgehead atoms. The van der Waals surface area contributed by atoms with Gasteiger partial charge in [0.2, 0.25) is 0 Å². The molecule has 0 unspecified atom stereocenters. The minimum absolute atomic E-state index is 0.100. The maximum Gasteiger partial charge on any atom is 0.319 e. The Morgan fingerprint density at radius 1 is 1.40 bits per heavy atom. The molecule has 0 aliphatic heterocycles. The molecule has 3 N–H and O–H groups in total. The molecular formula is C15H21FN2O2. The molecule has 0 radical (unpaired) electrons. The van der Waals surface area contributed by atoms with E-state index < -0.39 is 0 Å². The van der Waals surface area contributed by atoms with E-state index >= 15 is 0 Å². The summed E-state index contributed by atoms with van der Waals surface area (Å²) in [5, 5.41) is 14.9. The lowest BCUT2D eigenvalue weighted by molar-refractivity contribution is 0.130. The topological polar surface area (TPSA) is 61.4 Å². The van der Waals surface area contributed by atoms with Gasteiger partial charge in [-0.3, -0.25) is 0 Å². The SMILES string of the molecule is Cc1cc(NC(=O)NCC2(CO)CCCC2)ccc1F. The number of halogens is 1. The smallest absolute Gasteiger partial charge is 0.319 e. The van der Waals surface area contributed by atoms with Gasteiger partial charge < -0.3 is 15.7 Å². The summed E-state index contributed by atoms with van der Waals surface area (Å²) in [6, 6.07) is 4.12. The van der Waals surface area contributed by atoms with Crippen molar-refractivity contribution >= 4 is 11.7 Å². The van der Waals surface area contributed by atoms with Crippen molar-refractivity contribution < 1.29 is 14.3 Å². The molecule has 2 rings (SSSR count). The zero-order chi connectivity index (χ0) is 14.6. The largest absolute Gasteiger partial charge is 0.396 e. The number of carbonyl (C=O) groups excluding carboxylic acids is 1. The van der Waals surface area contributed by atoms with Crippen LogP contribution in [0.1, 0.15) is 31.2 Å². The third kappa shape index (κ3) is 3.48. The third-order valence-electron chi connectivity index (χ3n) is 4.04. The van der Waals surface area contributed by atoms with Crippen molar-refractivity contribution in [3.63, 3.8) is 0 Å². The van der Waals surface area contributed by atoms with Gasteiger partial charge in [0.1, 0.15) is 5.82 Å². The first-order valence-electron chi connectivity index (χ1n) is 6.97. The molecule has 1 aromatic carbocycles. The maximum absolute atomic E-state index is 13.1. The fraction of sp³-hybridized carbons (Fsp3) is 0.533. The summed E-state index contributed by atoms with van der Waals surface area (Å²) in [5.74, 6) is -0.291. The summed E-state index contributed by atoms with van der Waals surface area (Å²) >= 11 is 0. The number of rotatable bonds is 4. The summed E-state index contributed by atoms with van der Waals surface area (Å²) < 4.78 is 13.1. The molecule has 1 aliphatic rings. The number of hydrogen-bond donors (Lipinski definition) is 3. The van der Waals surface area contributed by atoms with Gasteiger partial charge in [0.15, 0.2) is 0 Å². The highest BCUT2D eigenvalue weighted by Gasteiger charge is 2.33. The van der Waals surface area contributed by atoms with E-state index in [0.717, 1.165) is 25.7 Å². The molecule has 2 amide bonds. The van der Waals surface area contributed by atoms with Crippen LogP contribution in [0.2, 0.25) is 0 Å². The van der Waals surface area contributed by atoms with E-state index in [9.17, 15) is 14.3 Å². The molecule has 5 heteroatoms. The molecule has 0 aromatic heterocycles. The first-order chi connectivity index (χ1) is 9.54. The predicted octanol–water partition coefficient (Wildman–Crippen LogP) is 2.81. The second kappa shape index (κ2) is 6.22. The lowest BCUT2D eigenvalue weighted by Gasteiger charge is -2.26. The number of amides is 2. The number of aryl methyl sites for hydroxylation is 1. The Hall–Kier alpha value is -1.62. The average molecular weight is 280 g/mol. The molecule has 20 heavy (non-hydrogen) atoms. The van der Waals surface area contributed by atoms with E-state index in [0.29, 0.717) is 17.8 Å². The van der Waals surface area contributed by atoms with Crippen molar-refractivity contribution in [1.82, 2.24) is 5.32 Å². The first kappa shape index (κ1) is 14.8. The standard InChI is InChI=1S/C15H21FN2O2/c1-11-8-12(4-5-13(11)16)18-14(20)17-9-15(10-19)6-2-3-7-15/h4-5,8,19H,2-3,6-7,9-10H2,1H3,(H2,17,18,20). The van der Waals surface area contributed by atoms with Crippen LogP contribution >= 0.6 is 0 Å². The van der Waals surface area contributed by atoms with Gasteiger partial charge >= 0.3 is 6.03 Å². The molecule has 0 saturated heterocycles. The maximum atomic E-state index is 13.1. The summed E-state index contributed by atoms with van der Waals surface area (Å²) in [4.78, 5) is 11.8. The van der Waals surface area contributed by atoms with E-state index in [1.165, 1.54) is 12.1 Å². The Kier molecular flexibility index (Phi) is 4.60. The van der Waals surface area contributed by atoms with Crippen LogP contribution in [-0.2, 0) is 0 Å². The number of nitrogens with one attached hydrogen (secondary N) is 2. The minimum Gasteiger partial charge on any atom is -0.396 e. The fourth-order valence-electron chi connectivity index (χ4n) is 2.68. The molecular weight excluding hydrogens is 259 g/mol. The van der Waals surface area contributed by atoms with Gasteiger partial charge in [-0.05, 0) is 43.5 Å². The highest BCUT2D eigenvalue weighted by molar-refractivity contribution is 5.89. The van der Waals surface area contributed by atoms with Crippen LogP contribution < -0.4 is 10.6 Å². The van der Waals surface area contributed by atoms with Crippen molar-refractivity contribution in [3.05, 3.63) is 29.6 Å². The Labute approximate surface area is 118 Å². The number of hydrogen-bond acceptors (Lipinski definition) is 2. The highest BCUT2D eigenvalue weighted by Crippen LogP contribution is 2.36. The molecule has 1 saturated carbocycles. The molecule has 1 aliphatic carbocycles. The minimum atomic E-state index is -0.323. The second-order valence-corrected chi connectivity index (χ2v) is 5.64. The zero-order valence-electron chi connectivity index (χ0n) is 11.7. The fourth-order valence-corrected chi connectivity index (χ4v) is 2.68. The van der Waals surface area contributed by atoms with Crippen LogP contribution in [0.5, 0.6) is 0 Å². The van der Waals surface area contributed by atoms with Crippen molar-refractivity contribution in [2.24, 2.45) is 5.41 Å². The van der Waals surface area contributed by atoms with E-state index in [4.69, 9.17) is 0 Å². The van der Waals surface area contributed by atoms with Crippen molar-refractivity contribution in [1.29, 1.82) is 0 Å². The third-order valence-corrected chi connectivity index (χ3v) is 4.04. The second-order valence-electron chi connectivity index (χ2n) is 5.64. The molecule has 110 valence electrons. The van der Waals surface area contributed by atoms with Gasteiger partial charge in [0.25, 0.3) is 0 Å². The van der Waals surface area contributed by atoms with Gasteiger partial charge in [-0.1, -0.05) is 12.8 Å². The molecule has 4 nitrogen and oxygen atoms in total. The van der Waals surface area contributed by atoms with Gasteiger partial charge in [-0.2, -0.15) is 0 Å². The van der Waals surface area contributed by atoms with Crippen LogP contribution in [0.4, 0.5) is 14.9 Å². The number of aliphatic hydroxyl groups excluding tert-OH is 1. The van der Waals surface area contributed by atoms with Crippen LogP contribution in [-0.4, -0.2) is 24.3 Å². The lowest BCUT2D eigenvalue weighted by Crippen LogP contribution is -2.40. The highest BCUT2D eigenvalue weighted by atomic mass is 19.1. The Balaban J connectivity index is 1.87. The summed E-state index contributed by atoms with van der Waals surface area (Å²) in [7, 11) is 0. The van der Waals surface area contributed by atoms with E-state index in [-0.39, 0.29) is 23.9 Å². The van der Waals surface area contributed by atoms with Crippen LogP contribution in [0, 0.1) is 18.2 Å². The Morgan fingerprint density at radius 2 is 2.10 bits per heavy atom. The van der Waals surface area contributed by atoms with E-state index in [1.807, 2.05) is 0 Å². The average Bonchev–Trinajstić information content (AvgIpc) is 2.90. The first-order valence-corrected chi connectivity index (χ1v) is 6.97. The van der Waals surface area contributed by atoms with Gasteiger partial charge in [0.05, 0.1) is 6.61 Å². The lowest BCUT2D eigenvalue weighted by atomic mass is 9.87. The molecule has 1 aromatic rings. The number of carbonyl (C=O) groups is 1. The zero-order valence-corrected chi connectivity index (χ0v) is 11.7. The van der Waals surface area contributed by atoms with Crippen LogP contribution in [0.15, 0.2) is 18.2 Å². The summed E-state index contributed by atoms with van der Waals surface area (Å²) in [6.07, 6.45) is 4.08. The Morgan fingerprint density at radius 3 is 2.70 bits per heavy atom. The predicted molar refractivity (Wildman–Crippen MR) is 76.1 cm³/mol. The Bertz CT molecular complexity index is 485. The number of benzene rings is 1. The normalized spacial score (nSPS) is 16.9. The van der Waals surface area contributed by atoms with Gasteiger partial charge in [-0.25, -0.2) is 9.18 Å². The van der Waals surface area contributed by atoms with E-state index in [1.54, 1.807) is 13.0 Å². The van der Waals surface area contributed by atoms with Crippen molar-refractivity contribution in [3.8, 4) is 0 Å². The van der Waals surface area contributed by atoms with Gasteiger partial charge in [0, 0.05) is 17.6 Å². The molecule has 0 spiro atoms. The van der Waals surface area contributed by atoms with Gasteiger partial charge in [-0.15, -0.1) is 0 Å². The van der Waals surface area contributed by atoms with Crippen molar-refractivity contribution in [2.75, 3.05) is 18.5 Å². The van der Waals surface area contributed by atoms with Crippen LogP contribution in [0.25, 0.3) is 0 Å². The number of urea groups is 1. The monoisotopic (exact) mass is 280 g/mol. The van der Waals surface area contributed by atoms with E-state index in [2.05, 4.69) is 10.6 Å².